The number of carboxylic acids is 1. The molecule has 0 radical (unpaired) electrons. The quantitative estimate of drug-likeness (QED) is 0.901. The van der Waals surface area contributed by atoms with Crippen molar-refractivity contribution in [2.75, 3.05) is 20.2 Å². The molecule has 0 aromatic carbocycles. The second-order valence-electron chi connectivity index (χ2n) is 4.98. The molecule has 20 heavy (non-hydrogen) atoms. The Bertz CT molecular complexity index is 532. The van der Waals surface area contributed by atoms with Crippen molar-refractivity contribution >= 4 is 11.9 Å². The molecule has 1 N–H and O–H groups in total. The molecule has 0 spiro atoms. The van der Waals surface area contributed by atoms with Gasteiger partial charge in [-0.2, -0.15) is 0 Å². The minimum absolute atomic E-state index is 0.230. The number of methoxy groups -OCH3 is 1. The maximum Gasteiger partial charge on any atom is 0.311 e. The molecule has 0 aliphatic carbocycles. The molecule has 6 heteroatoms. The van der Waals surface area contributed by atoms with Crippen molar-refractivity contribution in [3.63, 3.8) is 0 Å². The van der Waals surface area contributed by atoms with Crippen LogP contribution in [0.2, 0.25) is 0 Å². The van der Waals surface area contributed by atoms with E-state index in [0.29, 0.717) is 24.9 Å². The van der Waals surface area contributed by atoms with Gasteiger partial charge >= 0.3 is 5.97 Å². The molecule has 1 fully saturated rings. The zero-order valence-corrected chi connectivity index (χ0v) is 11.6. The van der Waals surface area contributed by atoms with Crippen molar-refractivity contribution in [1.82, 2.24) is 9.88 Å². The highest BCUT2D eigenvalue weighted by Gasteiger charge is 2.45. The molecule has 108 valence electrons. The van der Waals surface area contributed by atoms with Gasteiger partial charge in [0.1, 0.15) is 5.56 Å². The fraction of sp³-hybridized carbons (Fsp3) is 0.500. The molecule has 1 amide bonds. The van der Waals surface area contributed by atoms with Gasteiger partial charge in [-0.25, -0.2) is 4.98 Å². The summed E-state index contributed by atoms with van der Waals surface area (Å²) in [5.74, 6) is -0.804. The molecule has 2 heterocycles. The molecule has 1 saturated heterocycles. The number of likely N-dealkylation sites (tertiary alicyclic amines) is 1. The topological polar surface area (TPSA) is 79.7 Å². The van der Waals surface area contributed by atoms with Crippen molar-refractivity contribution in [3.8, 4) is 5.88 Å². The third-order valence-corrected chi connectivity index (χ3v) is 3.97. The van der Waals surface area contributed by atoms with E-state index >= 15 is 0 Å². The summed E-state index contributed by atoms with van der Waals surface area (Å²) < 4.78 is 5.08. The maximum atomic E-state index is 12.5. The Morgan fingerprint density at radius 2 is 2.30 bits per heavy atom. The number of ether oxygens (including phenoxy) is 1. The van der Waals surface area contributed by atoms with Gasteiger partial charge in [0.2, 0.25) is 5.88 Å². The highest BCUT2D eigenvalue weighted by molar-refractivity contribution is 5.97. The van der Waals surface area contributed by atoms with Crippen LogP contribution in [0, 0.1) is 5.41 Å². The molecular formula is C14H18N2O4. The first-order chi connectivity index (χ1) is 9.54. The van der Waals surface area contributed by atoms with Crippen LogP contribution in [-0.2, 0) is 4.79 Å². The van der Waals surface area contributed by atoms with Gasteiger partial charge in [-0.1, -0.05) is 6.92 Å². The third-order valence-electron chi connectivity index (χ3n) is 3.97. The van der Waals surface area contributed by atoms with Crippen LogP contribution in [-0.4, -0.2) is 47.1 Å². The summed E-state index contributed by atoms with van der Waals surface area (Å²) >= 11 is 0. The van der Waals surface area contributed by atoms with E-state index in [1.165, 1.54) is 7.11 Å². The predicted molar refractivity (Wildman–Crippen MR) is 71.7 cm³/mol. The highest BCUT2D eigenvalue weighted by Crippen LogP contribution is 2.35. The van der Waals surface area contributed by atoms with Gasteiger partial charge in [-0.05, 0) is 25.0 Å². The number of carbonyl (C=O) groups excluding carboxylic acids is 1. The number of pyridine rings is 1. The summed E-state index contributed by atoms with van der Waals surface area (Å²) in [6.07, 6.45) is 2.54. The maximum absolute atomic E-state index is 12.5. The molecule has 1 aliphatic rings. The number of carboxylic acid groups (broad SMARTS) is 1. The summed E-state index contributed by atoms with van der Waals surface area (Å²) in [6, 6.07) is 3.30. The Hall–Kier alpha value is -2.11. The third kappa shape index (κ3) is 2.33. The second-order valence-corrected chi connectivity index (χ2v) is 4.98. The monoisotopic (exact) mass is 278 g/mol. The molecule has 0 saturated carbocycles. The normalized spacial score (nSPS) is 21.8. The van der Waals surface area contributed by atoms with Crippen LogP contribution in [0.3, 0.4) is 0 Å². The summed E-state index contributed by atoms with van der Waals surface area (Å²) in [7, 11) is 1.46. The van der Waals surface area contributed by atoms with Gasteiger partial charge in [-0.3, -0.25) is 9.59 Å². The van der Waals surface area contributed by atoms with E-state index < -0.39 is 11.4 Å². The highest BCUT2D eigenvalue weighted by atomic mass is 16.5. The Kier molecular flexibility index (Phi) is 3.92. The minimum atomic E-state index is -0.839. The number of hydrogen-bond donors (Lipinski definition) is 1. The van der Waals surface area contributed by atoms with Crippen LogP contribution in [0.15, 0.2) is 18.3 Å². The molecule has 1 atom stereocenters. The van der Waals surface area contributed by atoms with Crippen molar-refractivity contribution < 1.29 is 19.4 Å². The summed E-state index contributed by atoms with van der Waals surface area (Å²) in [4.78, 5) is 29.4. The van der Waals surface area contributed by atoms with E-state index in [4.69, 9.17) is 4.74 Å². The smallest absolute Gasteiger partial charge is 0.311 e. The van der Waals surface area contributed by atoms with E-state index in [1.807, 2.05) is 6.92 Å². The second kappa shape index (κ2) is 5.48. The van der Waals surface area contributed by atoms with Crippen LogP contribution >= 0.6 is 0 Å². The van der Waals surface area contributed by atoms with Gasteiger partial charge in [0, 0.05) is 19.3 Å². The van der Waals surface area contributed by atoms with E-state index in [9.17, 15) is 14.7 Å². The largest absolute Gasteiger partial charge is 0.481 e. The lowest BCUT2D eigenvalue weighted by Gasteiger charge is -2.23. The van der Waals surface area contributed by atoms with Crippen LogP contribution in [0.4, 0.5) is 0 Å². The van der Waals surface area contributed by atoms with Gasteiger partial charge < -0.3 is 14.7 Å². The van der Waals surface area contributed by atoms with Crippen LogP contribution in [0.5, 0.6) is 5.88 Å². The van der Waals surface area contributed by atoms with Gasteiger partial charge in [-0.15, -0.1) is 0 Å². The van der Waals surface area contributed by atoms with Gasteiger partial charge in [0.05, 0.1) is 12.5 Å². The first-order valence-electron chi connectivity index (χ1n) is 6.56. The first-order valence-corrected chi connectivity index (χ1v) is 6.56. The standard InChI is InChI=1S/C14H18N2O4/c1-3-14(13(18)19)6-8-16(9-14)12(17)10-5-4-7-15-11(10)20-2/h4-5,7H,3,6,8-9H2,1-2H3,(H,18,19). The fourth-order valence-corrected chi connectivity index (χ4v) is 2.55. The summed E-state index contributed by atoms with van der Waals surface area (Å²) in [5.41, 5.74) is -0.460. The summed E-state index contributed by atoms with van der Waals surface area (Å²) in [5, 5.41) is 9.36. The molecule has 1 aromatic rings. The van der Waals surface area contributed by atoms with Crippen molar-refractivity contribution in [1.29, 1.82) is 0 Å². The minimum Gasteiger partial charge on any atom is -0.481 e. The number of aliphatic carboxylic acids is 1. The van der Waals surface area contributed by atoms with E-state index in [-0.39, 0.29) is 18.3 Å². The van der Waals surface area contributed by atoms with E-state index in [0.717, 1.165) is 0 Å². The number of aromatic nitrogens is 1. The number of hydrogen-bond acceptors (Lipinski definition) is 4. The zero-order chi connectivity index (χ0) is 14.8. The number of amides is 1. The van der Waals surface area contributed by atoms with Crippen molar-refractivity contribution in [2.24, 2.45) is 5.41 Å². The Morgan fingerprint density at radius 3 is 2.85 bits per heavy atom. The van der Waals surface area contributed by atoms with Crippen molar-refractivity contribution in [2.45, 2.75) is 19.8 Å². The number of carbonyl (C=O) groups is 2. The lowest BCUT2D eigenvalue weighted by atomic mass is 9.84. The van der Waals surface area contributed by atoms with E-state index in [1.54, 1.807) is 23.2 Å². The molecule has 1 unspecified atom stereocenters. The average Bonchev–Trinajstić information content (AvgIpc) is 2.92. The molecule has 2 rings (SSSR count). The Labute approximate surface area is 117 Å². The Morgan fingerprint density at radius 1 is 1.55 bits per heavy atom. The average molecular weight is 278 g/mol. The lowest BCUT2D eigenvalue weighted by molar-refractivity contribution is -0.148. The molecular weight excluding hydrogens is 260 g/mol. The van der Waals surface area contributed by atoms with Crippen LogP contribution in [0.1, 0.15) is 30.1 Å². The van der Waals surface area contributed by atoms with Crippen LogP contribution < -0.4 is 4.74 Å². The zero-order valence-electron chi connectivity index (χ0n) is 11.6. The number of rotatable bonds is 4. The van der Waals surface area contributed by atoms with Crippen LogP contribution in [0.25, 0.3) is 0 Å². The van der Waals surface area contributed by atoms with Gasteiger partial charge in [0.25, 0.3) is 5.91 Å². The lowest BCUT2D eigenvalue weighted by Crippen LogP contribution is -2.36. The summed E-state index contributed by atoms with van der Waals surface area (Å²) in [6.45, 7) is 2.51. The Balaban J connectivity index is 2.22. The van der Waals surface area contributed by atoms with E-state index in [2.05, 4.69) is 4.98 Å². The van der Waals surface area contributed by atoms with Gasteiger partial charge in [0.15, 0.2) is 0 Å². The molecule has 6 nitrogen and oxygen atoms in total. The molecule has 0 bridgehead atoms. The first kappa shape index (κ1) is 14.3. The SMILES string of the molecule is CCC1(C(=O)O)CCN(C(=O)c2cccnc2OC)C1. The predicted octanol–water partition coefficient (Wildman–Crippen LogP) is 1.42. The number of nitrogens with zero attached hydrogens (tertiary/aromatic N) is 2. The van der Waals surface area contributed by atoms with Crippen molar-refractivity contribution in [3.05, 3.63) is 23.9 Å². The molecule has 1 aliphatic heterocycles. The fourth-order valence-electron chi connectivity index (χ4n) is 2.55. The molecule has 1 aromatic heterocycles.